The second kappa shape index (κ2) is 8.63. The molecule has 7 nitrogen and oxygen atoms in total. The van der Waals surface area contributed by atoms with E-state index in [1.165, 1.54) is 30.3 Å². The van der Waals surface area contributed by atoms with Gasteiger partial charge in [-0.15, -0.1) is 0 Å². The first kappa shape index (κ1) is 20.6. The molecule has 1 fully saturated rings. The number of likely N-dealkylation sites (tertiary alicyclic amines) is 1. The zero-order chi connectivity index (χ0) is 22.0. The third kappa shape index (κ3) is 4.76. The molecule has 1 atom stereocenters. The van der Waals surface area contributed by atoms with Crippen molar-refractivity contribution in [2.24, 2.45) is 0 Å². The summed E-state index contributed by atoms with van der Waals surface area (Å²) in [7, 11) is 0. The van der Waals surface area contributed by atoms with E-state index in [0.717, 1.165) is 5.56 Å². The first-order valence-corrected chi connectivity index (χ1v) is 9.78. The van der Waals surface area contributed by atoms with Crippen molar-refractivity contribution in [1.29, 1.82) is 0 Å². The van der Waals surface area contributed by atoms with Crippen LogP contribution in [0.2, 0.25) is 0 Å². The van der Waals surface area contributed by atoms with Gasteiger partial charge in [-0.2, -0.15) is 4.98 Å². The molecule has 0 bridgehead atoms. The minimum atomic E-state index is -0.458. The van der Waals surface area contributed by atoms with Gasteiger partial charge in [0.25, 0.3) is 5.91 Å². The molecule has 1 aliphatic rings. The van der Waals surface area contributed by atoms with Crippen LogP contribution in [0.15, 0.2) is 47.0 Å². The highest BCUT2D eigenvalue weighted by atomic mass is 19.1. The molecule has 1 aromatic heterocycles. The first-order chi connectivity index (χ1) is 14.9. The molecule has 2 amide bonds. The predicted molar refractivity (Wildman–Crippen MR) is 106 cm³/mol. The van der Waals surface area contributed by atoms with Crippen LogP contribution >= 0.6 is 0 Å². The Hall–Kier alpha value is -3.62. The van der Waals surface area contributed by atoms with Crippen molar-refractivity contribution in [2.45, 2.75) is 32.4 Å². The van der Waals surface area contributed by atoms with Crippen molar-refractivity contribution in [3.63, 3.8) is 0 Å². The Morgan fingerprint density at radius 2 is 2.00 bits per heavy atom. The number of carbonyl (C=O) groups is 2. The van der Waals surface area contributed by atoms with Crippen molar-refractivity contribution in [3.8, 4) is 0 Å². The number of hydrogen-bond donors (Lipinski definition) is 1. The Morgan fingerprint density at radius 1 is 1.23 bits per heavy atom. The maximum atomic E-state index is 13.6. The molecule has 160 valence electrons. The van der Waals surface area contributed by atoms with Gasteiger partial charge >= 0.3 is 0 Å². The molecule has 0 saturated carbocycles. The number of amides is 2. The van der Waals surface area contributed by atoms with Gasteiger partial charge in [0.15, 0.2) is 5.82 Å². The van der Waals surface area contributed by atoms with Crippen LogP contribution in [0, 0.1) is 18.6 Å². The average Bonchev–Trinajstić information content (AvgIpc) is 3.37. The van der Waals surface area contributed by atoms with Crippen molar-refractivity contribution >= 4 is 11.8 Å². The number of benzene rings is 2. The summed E-state index contributed by atoms with van der Waals surface area (Å²) in [4.78, 5) is 30.5. The van der Waals surface area contributed by atoms with Crippen molar-refractivity contribution in [2.75, 3.05) is 6.54 Å². The number of nitrogens with zero attached hydrogens (tertiary/aromatic N) is 3. The molecule has 0 radical (unpaired) electrons. The molecular formula is C22H20F2N4O3. The van der Waals surface area contributed by atoms with E-state index in [1.807, 2.05) is 0 Å². The molecule has 31 heavy (non-hydrogen) atoms. The number of rotatable bonds is 6. The standard InChI is InChI=1S/C22H20F2N4O3/c1-13-2-5-15(8-18(13)24)22(30)25-10-19-26-21(27-31-19)16-9-20(29)28(12-16)11-14-3-6-17(23)7-4-14/h2-8,16H,9-12H2,1H3,(H,25,30)/t16-/m1/s1. The normalized spacial score (nSPS) is 16.0. The van der Waals surface area contributed by atoms with Crippen LogP contribution in [0.3, 0.4) is 0 Å². The topological polar surface area (TPSA) is 88.3 Å². The first-order valence-electron chi connectivity index (χ1n) is 9.78. The quantitative estimate of drug-likeness (QED) is 0.654. The summed E-state index contributed by atoms with van der Waals surface area (Å²) in [5.41, 5.74) is 1.48. The van der Waals surface area contributed by atoms with E-state index in [0.29, 0.717) is 24.5 Å². The molecule has 1 aliphatic heterocycles. The van der Waals surface area contributed by atoms with Gasteiger partial charge in [0.05, 0.1) is 6.54 Å². The number of aryl methyl sites for hydroxylation is 1. The monoisotopic (exact) mass is 426 g/mol. The van der Waals surface area contributed by atoms with Gasteiger partial charge in [0.2, 0.25) is 11.8 Å². The lowest BCUT2D eigenvalue weighted by Crippen LogP contribution is -2.24. The molecule has 4 rings (SSSR count). The molecule has 0 unspecified atom stereocenters. The Kier molecular flexibility index (Phi) is 5.75. The molecular weight excluding hydrogens is 406 g/mol. The Labute approximate surface area is 177 Å². The summed E-state index contributed by atoms with van der Waals surface area (Å²) < 4.78 is 31.9. The lowest BCUT2D eigenvalue weighted by Gasteiger charge is -2.16. The smallest absolute Gasteiger partial charge is 0.251 e. The van der Waals surface area contributed by atoms with Crippen molar-refractivity contribution in [3.05, 3.63) is 82.5 Å². The largest absolute Gasteiger partial charge is 0.343 e. The highest BCUT2D eigenvalue weighted by molar-refractivity contribution is 5.94. The van der Waals surface area contributed by atoms with Gasteiger partial charge in [0.1, 0.15) is 11.6 Å². The van der Waals surface area contributed by atoms with E-state index in [4.69, 9.17) is 4.52 Å². The SMILES string of the molecule is Cc1ccc(C(=O)NCc2nc([C@@H]3CC(=O)N(Cc4ccc(F)cc4)C3)no2)cc1F. The van der Waals surface area contributed by atoms with Gasteiger partial charge < -0.3 is 14.7 Å². The fourth-order valence-electron chi connectivity index (χ4n) is 3.41. The molecule has 2 aromatic carbocycles. The molecule has 9 heteroatoms. The molecule has 0 aliphatic carbocycles. The van der Waals surface area contributed by atoms with Crippen LogP contribution in [-0.2, 0) is 17.9 Å². The second-order valence-corrected chi connectivity index (χ2v) is 7.49. The van der Waals surface area contributed by atoms with Crippen LogP contribution < -0.4 is 5.32 Å². The summed E-state index contributed by atoms with van der Waals surface area (Å²) in [6.45, 7) is 2.40. The summed E-state index contributed by atoms with van der Waals surface area (Å²) in [6, 6.07) is 10.2. The lowest BCUT2D eigenvalue weighted by molar-refractivity contribution is -0.128. The Balaban J connectivity index is 1.34. The summed E-state index contributed by atoms with van der Waals surface area (Å²) >= 11 is 0. The summed E-state index contributed by atoms with van der Waals surface area (Å²) in [6.07, 6.45) is 0.245. The van der Waals surface area contributed by atoms with Gasteiger partial charge in [-0.3, -0.25) is 9.59 Å². The molecule has 1 N–H and O–H groups in total. The predicted octanol–water partition coefficient (Wildman–Crippen LogP) is 3.10. The molecule has 3 aromatic rings. The van der Waals surface area contributed by atoms with E-state index in [2.05, 4.69) is 15.5 Å². The third-order valence-electron chi connectivity index (χ3n) is 5.18. The van der Waals surface area contributed by atoms with E-state index in [1.54, 1.807) is 24.0 Å². The zero-order valence-electron chi connectivity index (χ0n) is 16.8. The van der Waals surface area contributed by atoms with Crippen LogP contribution in [0.1, 0.15) is 45.5 Å². The van der Waals surface area contributed by atoms with Crippen LogP contribution in [0.4, 0.5) is 8.78 Å². The van der Waals surface area contributed by atoms with Crippen LogP contribution in [0.25, 0.3) is 0 Å². The average molecular weight is 426 g/mol. The zero-order valence-corrected chi connectivity index (χ0v) is 16.8. The van der Waals surface area contributed by atoms with Gasteiger partial charge in [-0.1, -0.05) is 23.4 Å². The van der Waals surface area contributed by atoms with E-state index in [-0.39, 0.29) is 42.1 Å². The van der Waals surface area contributed by atoms with E-state index in [9.17, 15) is 18.4 Å². The minimum Gasteiger partial charge on any atom is -0.343 e. The van der Waals surface area contributed by atoms with E-state index >= 15 is 0 Å². The second-order valence-electron chi connectivity index (χ2n) is 7.49. The van der Waals surface area contributed by atoms with Gasteiger partial charge in [-0.25, -0.2) is 8.78 Å². The Morgan fingerprint density at radius 3 is 2.74 bits per heavy atom. The van der Waals surface area contributed by atoms with Gasteiger partial charge in [-0.05, 0) is 42.3 Å². The summed E-state index contributed by atoms with van der Waals surface area (Å²) in [5.74, 6) is -0.930. The number of aromatic nitrogens is 2. The van der Waals surface area contributed by atoms with Gasteiger partial charge in [0, 0.05) is 31.0 Å². The number of nitrogens with one attached hydrogen (secondary N) is 1. The molecule has 2 heterocycles. The lowest BCUT2D eigenvalue weighted by atomic mass is 10.1. The molecule has 1 saturated heterocycles. The number of hydrogen-bond acceptors (Lipinski definition) is 5. The third-order valence-corrected chi connectivity index (χ3v) is 5.18. The molecule has 0 spiro atoms. The fraction of sp³-hybridized carbons (Fsp3) is 0.273. The summed E-state index contributed by atoms with van der Waals surface area (Å²) in [5, 5.41) is 6.55. The Bertz CT molecular complexity index is 1110. The van der Waals surface area contributed by atoms with E-state index < -0.39 is 11.7 Å². The maximum Gasteiger partial charge on any atom is 0.251 e. The highest BCUT2D eigenvalue weighted by Gasteiger charge is 2.33. The number of halogens is 2. The van der Waals surface area contributed by atoms with Crippen molar-refractivity contribution < 1.29 is 22.9 Å². The van der Waals surface area contributed by atoms with Crippen LogP contribution in [0.5, 0.6) is 0 Å². The van der Waals surface area contributed by atoms with Crippen molar-refractivity contribution in [1.82, 2.24) is 20.4 Å². The highest BCUT2D eigenvalue weighted by Crippen LogP contribution is 2.27. The fourth-order valence-corrected chi connectivity index (χ4v) is 3.41. The van der Waals surface area contributed by atoms with Crippen LogP contribution in [-0.4, -0.2) is 33.4 Å². The number of carbonyl (C=O) groups excluding carboxylic acids is 2. The maximum absolute atomic E-state index is 13.6. The minimum absolute atomic E-state index is 0.0126.